The zero-order valence-electron chi connectivity index (χ0n) is 8.91. The molecule has 0 heterocycles. The zero-order valence-corrected chi connectivity index (χ0v) is 9.72. The minimum Gasteiger partial charge on any atom is -0.385 e. The third kappa shape index (κ3) is 4.07. The molecule has 0 aliphatic heterocycles. The van der Waals surface area contributed by atoms with Crippen LogP contribution in [-0.4, -0.2) is 35.0 Å². The van der Waals surface area contributed by atoms with Crippen LogP contribution in [0.1, 0.15) is 32.1 Å². The molecule has 0 aromatic rings. The van der Waals surface area contributed by atoms with Crippen molar-refractivity contribution in [1.29, 1.82) is 0 Å². The summed E-state index contributed by atoms with van der Waals surface area (Å²) in [5, 5.41) is 0.343. The van der Waals surface area contributed by atoms with Crippen LogP contribution in [0.25, 0.3) is 0 Å². The molecule has 1 rings (SSSR count). The molecule has 0 spiro atoms. The number of nitrogens with two attached hydrogens (primary N) is 1. The van der Waals surface area contributed by atoms with E-state index in [-0.39, 0.29) is 6.04 Å². The summed E-state index contributed by atoms with van der Waals surface area (Å²) in [4.78, 5) is 0. The normalized spacial score (nSPS) is 30.1. The summed E-state index contributed by atoms with van der Waals surface area (Å²) in [6, 6.07) is 0.278. The van der Waals surface area contributed by atoms with Crippen molar-refractivity contribution in [1.82, 2.24) is 0 Å². The van der Waals surface area contributed by atoms with Gasteiger partial charge >= 0.3 is 0 Å². The van der Waals surface area contributed by atoms with Crippen molar-refractivity contribution < 1.29 is 8.95 Å². The van der Waals surface area contributed by atoms with E-state index >= 15 is 0 Å². The van der Waals surface area contributed by atoms with Crippen molar-refractivity contribution in [2.24, 2.45) is 5.73 Å². The molecule has 14 heavy (non-hydrogen) atoms. The van der Waals surface area contributed by atoms with Crippen molar-refractivity contribution in [2.75, 3.05) is 19.5 Å². The molecule has 2 N–H and O–H groups in total. The Labute approximate surface area is 88.8 Å². The third-order valence-corrected chi connectivity index (χ3v) is 4.60. The summed E-state index contributed by atoms with van der Waals surface area (Å²) in [6.07, 6.45) is 5.18. The van der Waals surface area contributed by atoms with E-state index < -0.39 is 10.8 Å². The highest BCUT2D eigenvalue weighted by atomic mass is 32.2. The minimum absolute atomic E-state index is 0.278. The van der Waals surface area contributed by atoms with Gasteiger partial charge in [-0.25, -0.2) is 0 Å². The maximum atomic E-state index is 11.8. The third-order valence-electron chi connectivity index (χ3n) is 2.73. The molecule has 3 nitrogen and oxygen atoms in total. The van der Waals surface area contributed by atoms with Gasteiger partial charge in [-0.05, 0) is 25.7 Å². The lowest BCUT2D eigenvalue weighted by Crippen LogP contribution is -2.33. The molecule has 0 aromatic carbocycles. The van der Waals surface area contributed by atoms with Crippen LogP contribution in [0.3, 0.4) is 0 Å². The van der Waals surface area contributed by atoms with Gasteiger partial charge in [0.2, 0.25) is 0 Å². The van der Waals surface area contributed by atoms with E-state index in [2.05, 4.69) is 0 Å². The first-order chi connectivity index (χ1) is 6.74. The smallest absolute Gasteiger partial charge is 0.0471 e. The molecule has 3 atom stereocenters. The summed E-state index contributed by atoms with van der Waals surface area (Å²) in [7, 11) is 0.991. The predicted molar refractivity (Wildman–Crippen MR) is 59.7 cm³/mol. The second-order valence-corrected chi connectivity index (χ2v) is 5.82. The highest BCUT2D eigenvalue weighted by Gasteiger charge is 2.23. The van der Waals surface area contributed by atoms with E-state index in [1.807, 2.05) is 0 Å². The van der Waals surface area contributed by atoms with Crippen molar-refractivity contribution in [2.45, 2.75) is 43.4 Å². The molecule has 84 valence electrons. The SMILES string of the molecule is COCCCS(=O)C1CCCC(N)C1. The highest BCUT2D eigenvalue weighted by molar-refractivity contribution is 7.85. The largest absolute Gasteiger partial charge is 0.385 e. The van der Waals surface area contributed by atoms with Crippen LogP contribution in [0.2, 0.25) is 0 Å². The molecule has 1 saturated carbocycles. The molecule has 0 amide bonds. The van der Waals surface area contributed by atoms with Gasteiger partial charge in [0, 0.05) is 41.6 Å². The fourth-order valence-corrected chi connectivity index (χ4v) is 3.56. The monoisotopic (exact) mass is 219 g/mol. The van der Waals surface area contributed by atoms with Gasteiger partial charge in [0.1, 0.15) is 0 Å². The Balaban J connectivity index is 2.22. The van der Waals surface area contributed by atoms with Crippen LogP contribution in [0, 0.1) is 0 Å². The highest BCUT2D eigenvalue weighted by Crippen LogP contribution is 2.21. The first-order valence-corrected chi connectivity index (χ1v) is 6.74. The van der Waals surface area contributed by atoms with Crippen LogP contribution >= 0.6 is 0 Å². The standard InChI is InChI=1S/C10H21NO2S/c1-13-6-3-7-14(12)10-5-2-4-9(11)8-10/h9-10H,2-8,11H2,1H3. The van der Waals surface area contributed by atoms with Gasteiger partial charge in [-0.15, -0.1) is 0 Å². The fourth-order valence-electron chi connectivity index (χ4n) is 1.93. The van der Waals surface area contributed by atoms with Crippen molar-refractivity contribution in [3.8, 4) is 0 Å². The number of ether oxygens (including phenoxy) is 1. The Morgan fingerprint density at radius 2 is 2.29 bits per heavy atom. The van der Waals surface area contributed by atoms with Crippen molar-refractivity contribution in [3.63, 3.8) is 0 Å². The van der Waals surface area contributed by atoms with Crippen molar-refractivity contribution in [3.05, 3.63) is 0 Å². The Morgan fingerprint density at radius 3 is 2.93 bits per heavy atom. The first-order valence-electron chi connectivity index (χ1n) is 5.35. The Hall–Kier alpha value is 0.0700. The number of hydrogen-bond acceptors (Lipinski definition) is 3. The van der Waals surface area contributed by atoms with Gasteiger partial charge in [-0.3, -0.25) is 4.21 Å². The summed E-state index contributed by atoms with van der Waals surface area (Å²) >= 11 is 0. The maximum absolute atomic E-state index is 11.8. The quantitative estimate of drug-likeness (QED) is 0.703. The van der Waals surface area contributed by atoms with Gasteiger partial charge in [0.25, 0.3) is 0 Å². The van der Waals surface area contributed by atoms with Crippen molar-refractivity contribution >= 4 is 10.8 Å². The van der Waals surface area contributed by atoms with Crippen LogP contribution in [0.4, 0.5) is 0 Å². The predicted octanol–water partition coefficient (Wildman–Crippen LogP) is 1.04. The molecular formula is C10H21NO2S. The molecule has 1 aliphatic rings. The lowest BCUT2D eigenvalue weighted by molar-refractivity contribution is 0.200. The van der Waals surface area contributed by atoms with Gasteiger partial charge in [-0.1, -0.05) is 6.42 Å². The van der Waals surface area contributed by atoms with E-state index in [0.717, 1.165) is 37.9 Å². The second kappa shape index (κ2) is 6.53. The maximum Gasteiger partial charge on any atom is 0.0471 e. The van der Waals surface area contributed by atoms with E-state index in [1.165, 1.54) is 0 Å². The van der Waals surface area contributed by atoms with Gasteiger partial charge in [-0.2, -0.15) is 0 Å². The van der Waals surface area contributed by atoms with E-state index in [4.69, 9.17) is 10.5 Å². The molecule has 3 unspecified atom stereocenters. The second-order valence-electron chi connectivity index (χ2n) is 3.98. The average molecular weight is 219 g/mol. The molecule has 0 bridgehead atoms. The number of hydrogen-bond donors (Lipinski definition) is 1. The van der Waals surface area contributed by atoms with Crippen LogP contribution in [0.5, 0.6) is 0 Å². The lowest BCUT2D eigenvalue weighted by atomic mass is 9.96. The topological polar surface area (TPSA) is 52.3 Å². The number of rotatable bonds is 5. The molecule has 0 radical (unpaired) electrons. The molecule has 1 aliphatic carbocycles. The summed E-state index contributed by atoms with van der Waals surface area (Å²) in [5.74, 6) is 0.769. The molecular weight excluding hydrogens is 198 g/mol. The first kappa shape index (κ1) is 12.1. The van der Waals surface area contributed by atoms with E-state index in [1.54, 1.807) is 7.11 Å². The number of methoxy groups -OCH3 is 1. The molecule has 0 saturated heterocycles. The molecule has 4 heteroatoms. The Morgan fingerprint density at radius 1 is 1.50 bits per heavy atom. The molecule has 0 aromatic heterocycles. The van der Waals surface area contributed by atoms with E-state index in [9.17, 15) is 4.21 Å². The average Bonchev–Trinajstić information content (AvgIpc) is 2.18. The van der Waals surface area contributed by atoms with Gasteiger partial charge in [0.05, 0.1) is 0 Å². The zero-order chi connectivity index (χ0) is 10.4. The summed E-state index contributed by atoms with van der Waals surface area (Å²) in [5.41, 5.74) is 5.86. The van der Waals surface area contributed by atoms with E-state index in [0.29, 0.717) is 11.9 Å². The molecule has 1 fully saturated rings. The lowest BCUT2D eigenvalue weighted by Gasteiger charge is -2.25. The fraction of sp³-hybridized carbons (Fsp3) is 1.00. The Bertz CT molecular complexity index is 187. The summed E-state index contributed by atoms with van der Waals surface area (Å²) in [6.45, 7) is 0.713. The van der Waals surface area contributed by atoms with Crippen LogP contribution < -0.4 is 5.73 Å². The Kier molecular flexibility index (Phi) is 5.67. The van der Waals surface area contributed by atoms with Gasteiger partial charge < -0.3 is 10.5 Å². The minimum atomic E-state index is -0.689. The van der Waals surface area contributed by atoms with Crippen LogP contribution in [0.15, 0.2) is 0 Å². The van der Waals surface area contributed by atoms with Gasteiger partial charge in [0.15, 0.2) is 0 Å². The summed E-state index contributed by atoms with van der Waals surface area (Å²) < 4.78 is 16.8. The van der Waals surface area contributed by atoms with Crippen LogP contribution in [-0.2, 0) is 15.5 Å².